The summed E-state index contributed by atoms with van der Waals surface area (Å²) in [4.78, 5) is 0. The first kappa shape index (κ1) is 10.2. The molecule has 0 aliphatic rings. The van der Waals surface area contributed by atoms with Crippen LogP contribution in [0.5, 0.6) is 0 Å². The van der Waals surface area contributed by atoms with Crippen molar-refractivity contribution in [2.24, 2.45) is 0 Å². The Bertz CT molecular complexity index is 269. The largest absolute Gasteiger partial charge is 0.343 e. The molecule has 2 heteroatoms. The van der Waals surface area contributed by atoms with Crippen LogP contribution in [0.4, 0.5) is 0 Å². The van der Waals surface area contributed by atoms with Gasteiger partial charge in [-0.15, -0.1) is 0 Å². The Morgan fingerprint density at radius 2 is 1.85 bits per heavy atom. The highest BCUT2D eigenvalue weighted by atomic mass is 16.6. The number of rotatable bonds is 3. The van der Waals surface area contributed by atoms with Gasteiger partial charge in [0.15, 0.2) is 0 Å². The topological polar surface area (TPSA) is 29.1 Å². The Kier molecular flexibility index (Phi) is 3.46. The summed E-state index contributed by atoms with van der Waals surface area (Å²) in [5, 5.41) is 11.5. The number of benzene rings is 1. The summed E-state index contributed by atoms with van der Waals surface area (Å²) in [6, 6.07) is 7.51. The number of aryl methyl sites for hydroxylation is 1. The molecule has 0 bridgehead atoms. The highest BCUT2D eigenvalue weighted by Crippen LogP contribution is 2.19. The normalized spacial score (nSPS) is 13.3. The highest BCUT2D eigenvalue weighted by molar-refractivity contribution is 5.26. The first-order valence-corrected chi connectivity index (χ1v) is 4.48. The van der Waals surface area contributed by atoms with E-state index in [1.807, 2.05) is 45.0 Å². The second kappa shape index (κ2) is 4.40. The molecule has 0 N–H and O–H groups in total. The lowest BCUT2D eigenvalue weighted by Gasteiger charge is -2.14. The summed E-state index contributed by atoms with van der Waals surface area (Å²) in [6.07, 6.45) is -1.08. The van der Waals surface area contributed by atoms with Gasteiger partial charge in [0.1, 0.15) is 0 Å². The number of hydrogen-bond acceptors (Lipinski definition) is 1. The monoisotopic (exact) mass is 179 g/mol. The van der Waals surface area contributed by atoms with Gasteiger partial charge in [-0.25, -0.2) is 0 Å². The molecule has 71 valence electrons. The molecule has 1 aromatic carbocycles. The smallest absolute Gasteiger partial charge is 0.218 e. The van der Waals surface area contributed by atoms with E-state index in [2.05, 4.69) is 0 Å². The van der Waals surface area contributed by atoms with E-state index in [1.165, 1.54) is 0 Å². The maximum atomic E-state index is 11.5. The Labute approximate surface area is 79.2 Å². The van der Waals surface area contributed by atoms with Crippen LogP contribution in [0.1, 0.15) is 31.3 Å². The summed E-state index contributed by atoms with van der Waals surface area (Å²) in [7, 11) is 0. The predicted molar refractivity (Wildman–Crippen MR) is 50.8 cm³/mol. The molecule has 0 aromatic heterocycles. The molecule has 0 saturated carbocycles. The lowest BCUT2D eigenvalue weighted by molar-refractivity contribution is -0.166. The quantitative estimate of drug-likeness (QED) is 0.656. The second-order valence-corrected chi connectivity index (χ2v) is 3.37. The van der Waals surface area contributed by atoms with Crippen molar-refractivity contribution < 1.29 is 9.84 Å². The molecule has 1 atom stereocenters. The third-order valence-corrected chi connectivity index (χ3v) is 1.84. The first-order valence-electron chi connectivity index (χ1n) is 4.48. The van der Waals surface area contributed by atoms with E-state index in [0.29, 0.717) is 0 Å². The van der Waals surface area contributed by atoms with Gasteiger partial charge in [0, 0.05) is 5.56 Å². The molecule has 2 nitrogen and oxygen atoms in total. The minimum atomic E-state index is -1.05. The first-order chi connectivity index (χ1) is 6.11. The fourth-order valence-electron chi connectivity index (χ4n) is 1.17. The van der Waals surface area contributed by atoms with E-state index in [9.17, 15) is 5.11 Å². The SMILES string of the molecule is Cc1ccccc1C([O])OC(C)C. The molecule has 1 radical (unpaired) electrons. The highest BCUT2D eigenvalue weighted by Gasteiger charge is 2.12. The zero-order valence-electron chi connectivity index (χ0n) is 8.28. The Balaban J connectivity index is 2.76. The van der Waals surface area contributed by atoms with Crippen molar-refractivity contribution in [1.29, 1.82) is 0 Å². The Hall–Kier alpha value is -0.860. The molecule has 0 aliphatic heterocycles. The molecule has 0 aliphatic carbocycles. The fourth-order valence-corrected chi connectivity index (χ4v) is 1.17. The molecule has 1 rings (SSSR count). The summed E-state index contributed by atoms with van der Waals surface area (Å²) < 4.78 is 5.16. The van der Waals surface area contributed by atoms with E-state index in [-0.39, 0.29) is 6.10 Å². The Morgan fingerprint density at radius 3 is 2.38 bits per heavy atom. The Morgan fingerprint density at radius 1 is 1.23 bits per heavy atom. The summed E-state index contributed by atoms with van der Waals surface area (Å²) >= 11 is 0. The van der Waals surface area contributed by atoms with Gasteiger partial charge < -0.3 is 4.74 Å². The van der Waals surface area contributed by atoms with E-state index in [1.54, 1.807) is 0 Å². The van der Waals surface area contributed by atoms with Gasteiger partial charge in [0.05, 0.1) is 6.10 Å². The van der Waals surface area contributed by atoms with Crippen LogP contribution >= 0.6 is 0 Å². The van der Waals surface area contributed by atoms with E-state index in [0.717, 1.165) is 11.1 Å². The van der Waals surface area contributed by atoms with E-state index in [4.69, 9.17) is 4.74 Å². The molecule has 0 fully saturated rings. The van der Waals surface area contributed by atoms with Crippen molar-refractivity contribution >= 4 is 0 Å². The van der Waals surface area contributed by atoms with Gasteiger partial charge in [-0.2, -0.15) is 5.11 Å². The molecular weight excluding hydrogens is 164 g/mol. The standard InChI is InChI=1S/C11H15O2/c1-8(2)13-11(12)10-7-5-4-6-9(10)3/h4-8,11H,1-3H3. The minimum absolute atomic E-state index is 0.0258. The molecule has 0 amide bonds. The predicted octanol–water partition coefficient (Wildman–Crippen LogP) is 2.85. The number of hydrogen-bond donors (Lipinski definition) is 0. The van der Waals surface area contributed by atoms with Crippen molar-refractivity contribution in [2.75, 3.05) is 0 Å². The van der Waals surface area contributed by atoms with Gasteiger partial charge in [-0.1, -0.05) is 24.3 Å². The average molecular weight is 179 g/mol. The molecule has 1 unspecified atom stereocenters. The number of ether oxygens (including phenoxy) is 1. The van der Waals surface area contributed by atoms with Crippen LogP contribution in [0.25, 0.3) is 0 Å². The van der Waals surface area contributed by atoms with Crippen LogP contribution in [-0.4, -0.2) is 6.10 Å². The van der Waals surface area contributed by atoms with Crippen molar-refractivity contribution in [3.63, 3.8) is 0 Å². The van der Waals surface area contributed by atoms with Gasteiger partial charge in [-0.3, -0.25) is 0 Å². The van der Waals surface area contributed by atoms with Gasteiger partial charge in [-0.05, 0) is 26.3 Å². The van der Waals surface area contributed by atoms with Gasteiger partial charge >= 0.3 is 0 Å². The third-order valence-electron chi connectivity index (χ3n) is 1.84. The fraction of sp³-hybridized carbons (Fsp3) is 0.455. The van der Waals surface area contributed by atoms with E-state index >= 15 is 0 Å². The maximum absolute atomic E-state index is 11.5. The summed E-state index contributed by atoms with van der Waals surface area (Å²) in [5.41, 5.74) is 1.72. The van der Waals surface area contributed by atoms with Crippen LogP contribution in [0.15, 0.2) is 24.3 Å². The third kappa shape index (κ3) is 2.83. The van der Waals surface area contributed by atoms with E-state index < -0.39 is 6.29 Å². The van der Waals surface area contributed by atoms with Crippen LogP contribution in [0, 0.1) is 6.92 Å². The zero-order chi connectivity index (χ0) is 9.84. The van der Waals surface area contributed by atoms with Crippen molar-refractivity contribution in [3.8, 4) is 0 Å². The molecule has 0 spiro atoms. The van der Waals surface area contributed by atoms with Crippen molar-refractivity contribution in [2.45, 2.75) is 33.2 Å². The van der Waals surface area contributed by atoms with Crippen LogP contribution < -0.4 is 0 Å². The molecule has 1 aromatic rings. The van der Waals surface area contributed by atoms with Crippen molar-refractivity contribution in [3.05, 3.63) is 35.4 Å². The zero-order valence-corrected chi connectivity index (χ0v) is 8.28. The van der Waals surface area contributed by atoms with Gasteiger partial charge in [0.2, 0.25) is 6.29 Å². The molecule has 0 saturated heterocycles. The van der Waals surface area contributed by atoms with Crippen LogP contribution in [0.3, 0.4) is 0 Å². The van der Waals surface area contributed by atoms with Crippen LogP contribution in [0.2, 0.25) is 0 Å². The lowest BCUT2D eigenvalue weighted by Crippen LogP contribution is -2.09. The second-order valence-electron chi connectivity index (χ2n) is 3.37. The maximum Gasteiger partial charge on any atom is 0.218 e. The summed E-state index contributed by atoms with van der Waals surface area (Å²) in [6.45, 7) is 5.65. The molecular formula is C11H15O2. The average Bonchev–Trinajstić information content (AvgIpc) is 2.03. The van der Waals surface area contributed by atoms with Crippen molar-refractivity contribution in [1.82, 2.24) is 0 Å². The molecule has 13 heavy (non-hydrogen) atoms. The minimum Gasteiger partial charge on any atom is -0.343 e. The lowest BCUT2D eigenvalue weighted by atomic mass is 10.1. The van der Waals surface area contributed by atoms with Gasteiger partial charge in [0.25, 0.3) is 0 Å². The van der Waals surface area contributed by atoms with Crippen LogP contribution in [-0.2, 0) is 9.84 Å². The summed E-state index contributed by atoms with van der Waals surface area (Å²) in [5.74, 6) is 0. The molecule has 0 heterocycles.